The molecule has 1 heterocycles. The Balaban J connectivity index is 2.51. The molecule has 1 atom stereocenters. The fourth-order valence-electron chi connectivity index (χ4n) is 3.48. The van der Waals surface area contributed by atoms with Gasteiger partial charge in [-0.25, -0.2) is 8.42 Å². The van der Waals surface area contributed by atoms with E-state index < -0.39 is 10.0 Å². The number of nitrogens with zero attached hydrogens (tertiary/aromatic N) is 2. The van der Waals surface area contributed by atoms with Gasteiger partial charge < -0.3 is 4.74 Å². The third kappa shape index (κ3) is 3.89. The second-order valence-corrected chi connectivity index (χ2v) is 8.74. The van der Waals surface area contributed by atoms with Gasteiger partial charge in [-0.15, -0.1) is 0 Å². The van der Waals surface area contributed by atoms with Crippen LogP contribution >= 0.6 is 0 Å². The van der Waals surface area contributed by atoms with Crippen molar-refractivity contribution in [3.05, 3.63) is 27.8 Å². The van der Waals surface area contributed by atoms with Crippen molar-refractivity contribution in [1.29, 1.82) is 5.26 Å². The van der Waals surface area contributed by atoms with E-state index >= 15 is 0 Å². The molecule has 6 heteroatoms. The Morgan fingerprint density at radius 2 is 1.64 bits per heavy atom. The Labute approximate surface area is 151 Å². The molecule has 138 valence electrons. The van der Waals surface area contributed by atoms with E-state index in [-0.39, 0.29) is 19.1 Å². The van der Waals surface area contributed by atoms with E-state index in [9.17, 15) is 8.42 Å². The van der Waals surface area contributed by atoms with Gasteiger partial charge in [0.25, 0.3) is 0 Å². The fourth-order valence-corrected chi connectivity index (χ4v) is 5.51. The summed E-state index contributed by atoms with van der Waals surface area (Å²) in [5, 5.41) is 8.94. The molecule has 25 heavy (non-hydrogen) atoms. The van der Waals surface area contributed by atoms with Crippen LogP contribution in [0.1, 0.15) is 47.1 Å². The minimum absolute atomic E-state index is 0.0817. The molecule has 0 amide bonds. The Morgan fingerprint density at radius 3 is 2.12 bits per heavy atom. The van der Waals surface area contributed by atoms with Crippen LogP contribution in [-0.2, 0) is 14.8 Å². The molecule has 0 radical (unpaired) electrons. The monoisotopic (exact) mass is 364 g/mol. The van der Waals surface area contributed by atoms with Gasteiger partial charge in [0, 0.05) is 26.1 Å². The number of rotatable bonds is 6. The van der Waals surface area contributed by atoms with Crippen LogP contribution in [0.15, 0.2) is 4.90 Å². The number of hydrogen-bond donors (Lipinski definition) is 0. The lowest BCUT2D eigenvalue weighted by molar-refractivity contribution is 0.0941. The zero-order valence-corrected chi connectivity index (χ0v) is 16.7. The molecule has 0 N–H and O–H groups in total. The molecule has 0 saturated carbocycles. The topological polar surface area (TPSA) is 70.4 Å². The fraction of sp³-hybridized carbons (Fsp3) is 0.632. The zero-order valence-electron chi connectivity index (χ0n) is 15.8. The number of nitriles is 1. The summed E-state index contributed by atoms with van der Waals surface area (Å²) in [6, 6.07) is 2.06. The van der Waals surface area contributed by atoms with Crippen molar-refractivity contribution in [1.82, 2.24) is 4.31 Å². The first-order chi connectivity index (χ1) is 11.7. The summed E-state index contributed by atoms with van der Waals surface area (Å²) in [6.45, 7) is 10.9. The van der Waals surface area contributed by atoms with Crippen molar-refractivity contribution >= 4 is 10.0 Å². The molecule has 1 fully saturated rings. The molecule has 1 aliphatic heterocycles. The highest BCUT2D eigenvalue weighted by Gasteiger charge is 2.32. The minimum atomic E-state index is -3.68. The summed E-state index contributed by atoms with van der Waals surface area (Å²) in [7, 11) is -3.68. The van der Waals surface area contributed by atoms with E-state index in [0.29, 0.717) is 18.0 Å². The summed E-state index contributed by atoms with van der Waals surface area (Å²) >= 11 is 0. The smallest absolute Gasteiger partial charge is 0.243 e. The first-order valence-electron chi connectivity index (χ1n) is 8.77. The van der Waals surface area contributed by atoms with Gasteiger partial charge in [-0.05, 0) is 75.3 Å². The average molecular weight is 365 g/mol. The van der Waals surface area contributed by atoms with Gasteiger partial charge in [0.1, 0.15) is 0 Å². The number of sulfonamides is 1. The second kappa shape index (κ2) is 7.86. The molecule has 1 aromatic rings. The Morgan fingerprint density at radius 1 is 1.08 bits per heavy atom. The van der Waals surface area contributed by atoms with E-state index in [0.717, 1.165) is 40.7 Å². The van der Waals surface area contributed by atoms with Crippen molar-refractivity contribution < 1.29 is 13.2 Å². The summed E-state index contributed by atoms with van der Waals surface area (Å²) < 4.78 is 34.0. The highest BCUT2D eigenvalue weighted by atomic mass is 32.2. The van der Waals surface area contributed by atoms with Crippen LogP contribution in [0, 0.1) is 45.9 Å². The van der Waals surface area contributed by atoms with Gasteiger partial charge in [0.05, 0.1) is 17.1 Å². The van der Waals surface area contributed by atoms with E-state index in [1.807, 2.05) is 34.6 Å². The van der Waals surface area contributed by atoms with Crippen LogP contribution in [-0.4, -0.2) is 38.5 Å². The molecule has 2 rings (SSSR count). The van der Waals surface area contributed by atoms with Crippen LogP contribution in [0.5, 0.6) is 0 Å². The van der Waals surface area contributed by atoms with Crippen LogP contribution in [0.2, 0.25) is 0 Å². The van der Waals surface area contributed by atoms with E-state index in [1.54, 1.807) is 0 Å². The summed E-state index contributed by atoms with van der Waals surface area (Å²) in [5.41, 5.74) is 4.76. The highest BCUT2D eigenvalue weighted by Crippen LogP contribution is 2.32. The molecule has 0 aliphatic carbocycles. The van der Waals surface area contributed by atoms with Crippen molar-refractivity contribution in [3.63, 3.8) is 0 Å². The van der Waals surface area contributed by atoms with Crippen LogP contribution in [0.3, 0.4) is 0 Å². The zero-order chi connectivity index (χ0) is 18.8. The van der Waals surface area contributed by atoms with Crippen LogP contribution < -0.4 is 0 Å². The largest absolute Gasteiger partial charge is 0.377 e. The molecule has 0 bridgehead atoms. The standard InChI is InChI=1S/C19H28N2O3S/c1-13-14(2)16(4)19(17(5)15(13)3)25(22,23)21(10-7-9-20)12-18-8-6-11-24-18/h18H,6-8,10-12H2,1-5H3. The van der Waals surface area contributed by atoms with Gasteiger partial charge in [-0.1, -0.05) is 0 Å². The molecule has 0 aromatic heterocycles. The predicted molar refractivity (Wildman–Crippen MR) is 98.1 cm³/mol. The van der Waals surface area contributed by atoms with Gasteiger partial charge in [0.2, 0.25) is 10.0 Å². The van der Waals surface area contributed by atoms with Gasteiger partial charge in [-0.2, -0.15) is 9.57 Å². The Kier molecular flexibility index (Phi) is 6.26. The van der Waals surface area contributed by atoms with Crippen molar-refractivity contribution in [3.8, 4) is 6.07 Å². The summed E-state index contributed by atoms with van der Waals surface area (Å²) in [5.74, 6) is 0. The lowest BCUT2D eigenvalue weighted by Gasteiger charge is -2.27. The maximum absolute atomic E-state index is 13.4. The SMILES string of the molecule is Cc1c(C)c(C)c(S(=O)(=O)N(CCC#N)CC2CCCO2)c(C)c1C. The van der Waals surface area contributed by atoms with E-state index in [4.69, 9.17) is 10.00 Å². The first-order valence-corrected chi connectivity index (χ1v) is 10.2. The first kappa shape index (κ1) is 19.9. The Bertz CT molecular complexity index is 759. The lowest BCUT2D eigenvalue weighted by atomic mass is 9.95. The minimum Gasteiger partial charge on any atom is -0.377 e. The molecule has 1 aromatic carbocycles. The maximum atomic E-state index is 13.4. The third-order valence-corrected chi connectivity index (χ3v) is 7.57. The van der Waals surface area contributed by atoms with Crippen LogP contribution in [0.4, 0.5) is 0 Å². The molecule has 5 nitrogen and oxygen atoms in total. The molecule has 0 spiro atoms. The van der Waals surface area contributed by atoms with E-state index in [1.165, 1.54) is 4.31 Å². The molecule has 1 aliphatic rings. The predicted octanol–water partition coefficient (Wildman–Crippen LogP) is 3.31. The Hall–Kier alpha value is -1.42. The molecule has 1 saturated heterocycles. The number of benzene rings is 1. The van der Waals surface area contributed by atoms with E-state index in [2.05, 4.69) is 6.07 Å². The quantitative estimate of drug-likeness (QED) is 0.776. The molecule has 1 unspecified atom stereocenters. The lowest BCUT2D eigenvalue weighted by Crippen LogP contribution is -2.38. The normalized spacial score (nSPS) is 17.9. The molecular formula is C19H28N2O3S. The van der Waals surface area contributed by atoms with Gasteiger partial charge in [0.15, 0.2) is 0 Å². The molecular weight excluding hydrogens is 336 g/mol. The van der Waals surface area contributed by atoms with Crippen molar-refractivity contribution in [2.45, 2.75) is 64.9 Å². The van der Waals surface area contributed by atoms with Crippen molar-refractivity contribution in [2.75, 3.05) is 19.7 Å². The van der Waals surface area contributed by atoms with Crippen molar-refractivity contribution in [2.24, 2.45) is 0 Å². The highest BCUT2D eigenvalue weighted by molar-refractivity contribution is 7.89. The number of hydrogen-bond acceptors (Lipinski definition) is 4. The van der Waals surface area contributed by atoms with Gasteiger partial charge >= 0.3 is 0 Å². The maximum Gasteiger partial charge on any atom is 0.243 e. The average Bonchev–Trinajstić information content (AvgIpc) is 3.08. The second-order valence-electron chi connectivity index (χ2n) is 6.86. The third-order valence-electron chi connectivity index (χ3n) is 5.43. The van der Waals surface area contributed by atoms with Crippen LogP contribution in [0.25, 0.3) is 0 Å². The number of ether oxygens (including phenoxy) is 1. The summed E-state index contributed by atoms with van der Waals surface area (Å²) in [4.78, 5) is 0.393. The summed E-state index contributed by atoms with van der Waals surface area (Å²) in [6.07, 6.45) is 1.91. The van der Waals surface area contributed by atoms with Gasteiger partial charge in [-0.3, -0.25) is 0 Å².